The van der Waals surface area contributed by atoms with Gasteiger partial charge < -0.3 is 14.6 Å². The molecule has 0 aliphatic rings. The van der Waals surface area contributed by atoms with E-state index in [1.54, 1.807) is 6.92 Å². The molecule has 1 aromatic rings. The smallest absolute Gasteiger partial charge is 0.307 e. The third kappa shape index (κ3) is 5.11. The highest BCUT2D eigenvalue weighted by Gasteiger charge is 2.11. The van der Waals surface area contributed by atoms with Gasteiger partial charge in [0.25, 0.3) is 0 Å². The van der Waals surface area contributed by atoms with Crippen molar-refractivity contribution in [2.45, 2.75) is 40.0 Å². The van der Waals surface area contributed by atoms with E-state index in [9.17, 15) is 9.59 Å². The summed E-state index contributed by atoms with van der Waals surface area (Å²) in [7, 11) is 0. The maximum Gasteiger partial charge on any atom is 0.307 e. The lowest BCUT2D eigenvalue weighted by atomic mass is 10.1. The van der Waals surface area contributed by atoms with Crippen LogP contribution in [0.5, 0.6) is 0 Å². The third-order valence-corrected chi connectivity index (χ3v) is 2.74. The Bertz CT molecular complexity index is 420. The van der Waals surface area contributed by atoms with Gasteiger partial charge in [-0.2, -0.15) is 0 Å². The summed E-state index contributed by atoms with van der Waals surface area (Å²) in [6.45, 7) is 6.09. The Labute approximate surface area is 112 Å². The van der Waals surface area contributed by atoms with Crippen LogP contribution >= 0.6 is 0 Å². The van der Waals surface area contributed by atoms with E-state index in [1.165, 1.54) is 0 Å². The molecule has 0 atom stereocenters. The van der Waals surface area contributed by atoms with Crippen LogP contribution in [0, 0.1) is 13.8 Å². The van der Waals surface area contributed by atoms with Crippen LogP contribution in [-0.4, -0.2) is 30.2 Å². The average Bonchev–Trinajstić information content (AvgIpc) is 2.67. The van der Waals surface area contributed by atoms with Crippen molar-refractivity contribution in [1.29, 1.82) is 0 Å². The SMILES string of the molecule is CCOC(=O)CCNC(=O)CCc1c(C)noc1C. The molecule has 6 heteroatoms. The number of hydrogen-bond donors (Lipinski definition) is 1. The largest absolute Gasteiger partial charge is 0.466 e. The van der Waals surface area contributed by atoms with Crippen molar-refractivity contribution < 1.29 is 18.8 Å². The van der Waals surface area contributed by atoms with Gasteiger partial charge in [0.2, 0.25) is 5.91 Å². The van der Waals surface area contributed by atoms with Crippen LogP contribution in [0.2, 0.25) is 0 Å². The van der Waals surface area contributed by atoms with E-state index in [-0.39, 0.29) is 18.3 Å². The van der Waals surface area contributed by atoms with Gasteiger partial charge in [0.1, 0.15) is 5.76 Å². The topological polar surface area (TPSA) is 81.4 Å². The molecule has 1 aromatic heterocycles. The Morgan fingerprint density at radius 3 is 2.63 bits per heavy atom. The van der Waals surface area contributed by atoms with Crippen LogP contribution < -0.4 is 5.32 Å². The first kappa shape index (κ1) is 15.2. The fraction of sp³-hybridized carbons (Fsp3) is 0.615. The van der Waals surface area contributed by atoms with Gasteiger partial charge in [0.05, 0.1) is 18.7 Å². The zero-order valence-electron chi connectivity index (χ0n) is 11.6. The molecule has 0 saturated heterocycles. The first-order chi connectivity index (χ1) is 9.04. The van der Waals surface area contributed by atoms with Crippen LogP contribution in [0.25, 0.3) is 0 Å². The monoisotopic (exact) mass is 268 g/mol. The molecule has 1 heterocycles. The second-order valence-electron chi connectivity index (χ2n) is 4.21. The summed E-state index contributed by atoms with van der Waals surface area (Å²) >= 11 is 0. The van der Waals surface area contributed by atoms with Crippen molar-refractivity contribution in [3.05, 3.63) is 17.0 Å². The summed E-state index contributed by atoms with van der Waals surface area (Å²) in [6, 6.07) is 0. The fourth-order valence-electron chi connectivity index (χ4n) is 1.72. The predicted octanol–water partition coefficient (Wildman–Crippen LogP) is 1.29. The summed E-state index contributed by atoms with van der Waals surface area (Å²) in [6.07, 6.45) is 1.14. The van der Waals surface area contributed by atoms with Gasteiger partial charge >= 0.3 is 5.97 Å². The minimum atomic E-state index is -0.298. The van der Waals surface area contributed by atoms with Crippen LogP contribution in [-0.2, 0) is 20.7 Å². The number of esters is 1. The summed E-state index contributed by atoms with van der Waals surface area (Å²) in [5.74, 6) is 0.356. The molecule has 0 spiro atoms. The Morgan fingerprint density at radius 2 is 2.05 bits per heavy atom. The molecular weight excluding hydrogens is 248 g/mol. The summed E-state index contributed by atoms with van der Waals surface area (Å²) in [5, 5.41) is 6.51. The van der Waals surface area contributed by atoms with Crippen molar-refractivity contribution in [1.82, 2.24) is 10.5 Å². The third-order valence-electron chi connectivity index (χ3n) is 2.74. The number of aromatic nitrogens is 1. The van der Waals surface area contributed by atoms with E-state index in [1.807, 2.05) is 13.8 Å². The maximum absolute atomic E-state index is 11.6. The number of rotatable bonds is 7. The molecule has 1 N–H and O–H groups in total. The number of ether oxygens (including phenoxy) is 1. The second-order valence-corrected chi connectivity index (χ2v) is 4.21. The minimum Gasteiger partial charge on any atom is -0.466 e. The van der Waals surface area contributed by atoms with Crippen molar-refractivity contribution in [3.8, 4) is 0 Å². The number of carbonyl (C=O) groups is 2. The first-order valence-electron chi connectivity index (χ1n) is 6.38. The molecule has 0 aliphatic carbocycles. The molecule has 106 valence electrons. The molecular formula is C13H20N2O4. The minimum absolute atomic E-state index is 0.0932. The van der Waals surface area contributed by atoms with Crippen LogP contribution in [0.4, 0.5) is 0 Å². The lowest BCUT2D eigenvalue weighted by Gasteiger charge is -2.05. The molecule has 19 heavy (non-hydrogen) atoms. The fourth-order valence-corrected chi connectivity index (χ4v) is 1.72. The predicted molar refractivity (Wildman–Crippen MR) is 68.6 cm³/mol. The van der Waals surface area contributed by atoms with Crippen molar-refractivity contribution in [2.75, 3.05) is 13.2 Å². The van der Waals surface area contributed by atoms with Gasteiger partial charge in [-0.15, -0.1) is 0 Å². The second kappa shape index (κ2) is 7.56. The number of nitrogens with zero attached hydrogens (tertiary/aromatic N) is 1. The van der Waals surface area contributed by atoms with Gasteiger partial charge in [0.15, 0.2) is 0 Å². The molecule has 0 aromatic carbocycles. The summed E-state index contributed by atoms with van der Waals surface area (Å²) in [4.78, 5) is 22.7. The Kier molecular flexibility index (Phi) is 6.05. The normalized spacial score (nSPS) is 10.3. The first-order valence-corrected chi connectivity index (χ1v) is 6.38. The van der Waals surface area contributed by atoms with Crippen molar-refractivity contribution in [3.63, 3.8) is 0 Å². The van der Waals surface area contributed by atoms with E-state index < -0.39 is 0 Å². The van der Waals surface area contributed by atoms with Gasteiger partial charge in [-0.1, -0.05) is 5.16 Å². The Hall–Kier alpha value is -1.85. The summed E-state index contributed by atoms with van der Waals surface area (Å²) < 4.78 is 9.79. The highest BCUT2D eigenvalue weighted by Crippen LogP contribution is 2.13. The molecule has 1 amide bonds. The maximum atomic E-state index is 11.6. The average molecular weight is 268 g/mol. The number of nitrogens with one attached hydrogen (secondary N) is 1. The molecule has 0 fully saturated rings. The van der Waals surface area contributed by atoms with Crippen LogP contribution in [0.1, 0.15) is 36.8 Å². The van der Waals surface area contributed by atoms with E-state index in [0.29, 0.717) is 26.0 Å². The van der Waals surface area contributed by atoms with Gasteiger partial charge in [-0.05, 0) is 27.2 Å². The molecule has 0 unspecified atom stereocenters. The van der Waals surface area contributed by atoms with Crippen molar-refractivity contribution in [2.24, 2.45) is 0 Å². The molecule has 0 radical (unpaired) electrons. The zero-order valence-corrected chi connectivity index (χ0v) is 11.6. The lowest BCUT2D eigenvalue weighted by Crippen LogP contribution is -2.26. The van der Waals surface area contributed by atoms with E-state index in [2.05, 4.69) is 10.5 Å². The number of carbonyl (C=O) groups excluding carboxylic acids is 2. The lowest BCUT2D eigenvalue weighted by molar-refractivity contribution is -0.143. The van der Waals surface area contributed by atoms with Crippen molar-refractivity contribution >= 4 is 11.9 Å². The van der Waals surface area contributed by atoms with E-state index in [4.69, 9.17) is 9.26 Å². The van der Waals surface area contributed by atoms with Crippen LogP contribution in [0.15, 0.2) is 4.52 Å². The molecule has 1 rings (SSSR count). The molecule has 0 saturated carbocycles. The molecule has 0 aliphatic heterocycles. The van der Waals surface area contributed by atoms with E-state index in [0.717, 1.165) is 17.0 Å². The number of aryl methyl sites for hydroxylation is 2. The standard InChI is InChI=1S/C13H20N2O4/c1-4-18-13(17)7-8-14-12(16)6-5-11-9(2)15-19-10(11)3/h4-8H2,1-3H3,(H,14,16). The quantitative estimate of drug-likeness (QED) is 0.754. The van der Waals surface area contributed by atoms with Gasteiger partial charge in [-0.3, -0.25) is 9.59 Å². The Morgan fingerprint density at radius 1 is 1.32 bits per heavy atom. The Balaban J connectivity index is 2.23. The van der Waals surface area contributed by atoms with Gasteiger partial charge in [-0.25, -0.2) is 0 Å². The van der Waals surface area contributed by atoms with Crippen LogP contribution in [0.3, 0.4) is 0 Å². The molecule has 0 bridgehead atoms. The summed E-state index contributed by atoms with van der Waals surface area (Å²) in [5.41, 5.74) is 1.79. The highest BCUT2D eigenvalue weighted by atomic mass is 16.5. The number of hydrogen-bond acceptors (Lipinski definition) is 5. The van der Waals surface area contributed by atoms with Gasteiger partial charge in [0, 0.05) is 18.5 Å². The number of amides is 1. The van der Waals surface area contributed by atoms with E-state index >= 15 is 0 Å². The zero-order chi connectivity index (χ0) is 14.3. The molecule has 6 nitrogen and oxygen atoms in total. The highest BCUT2D eigenvalue weighted by molar-refractivity contribution is 5.77.